The summed E-state index contributed by atoms with van der Waals surface area (Å²) in [7, 11) is -3.86. The topological polar surface area (TPSA) is 63.4 Å². The van der Waals surface area contributed by atoms with Crippen molar-refractivity contribution in [2.75, 3.05) is 12.3 Å². The number of anilines is 1. The highest BCUT2D eigenvalue weighted by Gasteiger charge is 2.30. The molecule has 6 heteroatoms. The molecule has 108 valence electrons. The number of benzene rings is 1. The molecular weight excluding hydrogens is 267 g/mol. The van der Waals surface area contributed by atoms with Crippen molar-refractivity contribution in [3.05, 3.63) is 23.5 Å². The van der Waals surface area contributed by atoms with Crippen molar-refractivity contribution in [3.8, 4) is 0 Å². The lowest BCUT2D eigenvalue weighted by Crippen LogP contribution is -2.38. The maximum absolute atomic E-state index is 14.1. The first kappa shape index (κ1) is 15.9. The minimum Gasteiger partial charge on any atom is -0.399 e. The molecule has 0 aliphatic heterocycles. The van der Waals surface area contributed by atoms with E-state index < -0.39 is 15.8 Å². The molecule has 0 fully saturated rings. The Labute approximate surface area is 114 Å². The predicted octanol–water partition coefficient (Wildman–Crippen LogP) is 2.53. The molecule has 1 aromatic carbocycles. The Morgan fingerprint density at radius 2 is 1.95 bits per heavy atom. The van der Waals surface area contributed by atoms with Gasteiger partial charge in [0.15, 0.2) is 0 Å². The average molecular weight is 288 g/mol. The fourth-order valence-electron chi connectivity index (χ4n) is 2.00. The summed E-state index contributed by atoms with van der Waals surface area (Å²) < 4.78 is 40.4. The van der Waals surface area contributed by atoms with Crippen LogP contribution in [0.15, 0.2) is 17.0 Å². The maximum Gasteiger partial charge on any atom is 0.246 e. The van der Waals surface area contributed by atoms with Gasteiger partial charge in [-0.25, -0.2) is 12.8 Å². The van der Waals surface area contributed by atoms with Crippen LogP contribution in [-0.4, -0.2) is 25.3 Å². The van der Waals surface area contributed by atoms with E-state index in [1.54, 1.807) is 13.8 Å². The standard InChI is InChI=1S/C13H21FN2O2S/c1-5-10(4)16(6-2)19(17,18)12-8-11(15)7-9(3)13(12)14/h7-8,10H,5-6,15H2,1-4H3. The molecule has 0 amide bonds. The third kappa shape index (κ3) is 3.06. The second-order valence-electron chi connectivity index (χ2n) is 4.62. The van der Waals surface area contributed by atoms with Crippen molar-refractivity contribution in [2.45, 2.75) is 45.1 Å². The fourth-order valence-corrected chi connectivity index (χ4v) is 3.89. The molecule has 1 aromatic rings. The number of halogens is 1. The molecule has 1 atom stereocenters. The van der Waals surface area contributed by atoms with Crippen molar-refractivity contribution in [2.24, 2.45) is 0 Å². The molecule has 0 radical (unpaired) electrons. The molecule has 0 heterocycles. The van der Waals surface area contributed by atoms with Crippen LogP contribution in [0.3, 0.4) is 0 Å². The van der Waals surface area contributed by atoms with Crippen molar-refractivity contribution in [3.63, 3.8) is 0 Å². The number of nitrogen functional groups attached to an aromatic ring is 1. The number of nitrogens with two attached hydrogens (primary N) is 1. The van der Waals surface area contributed by atoms with Crippen LogP contribution in [0, 0.1) is 12.7 Å². The van der Waals surface area contributed by atoms with Crippen molar-refractivity contribution in [1.29, 1.82) is 0 Å². The van der Waals surface area contributed by atoms with Gasteiger partial charge < -0.3 is 5.73 Å². The van der Waals surface area contributed by atoms with Gasteiger partial charge in [0.1, 0.15) is 10.7 Å². The largest absolute Gasteiger partial charge is 0.399 e. The van der Waals surface area contributed by atoms with Crippen molar-refractivity contribution >= 4 is 15.7 Å². The number of nitrogens with zero attached hydrogens (tertiary/aromatic N) is 1. The number of aryl methyl sites for hydroxylation is 1. The first-order chi connectivity index (χ1) is 8.75. The van der Waals surface area contributed by atoms with Gasteiger partial charge in [-0.3, -0.25) is 0 Å². The lowest BCUT2D eigenvalue weighted by atomic mass is 10.2. The van der Waals surface area contributed by atoms with E-state index in [2.05, 4.69) is 0 Å². The van der Waals surface area contributed by atoms with Gasteiger partial charge in [0.05, 0.1) is 0 Å². The molecule has 0 saturated carbocycles. The summed E-state index contributed by atoms with van der Waals surface area (Å²) in [6, 6.07) is 2.42. The molecule has 0 spiro atoms. The minimum atomic E-state index is -3.86. The smallest absolute Gasteiger partial charge is 0.246 e. The van der Waals surface area contributed by atoms with Gasteiger partial charge in [-0.05, 0) is 38.0 Å². The maximum atomic E-state index is 14.1. The summed E-state index contributed by atoms with van der Waals surface area (Å²) >= 11 is 0. The Morgan fingerprint density at radius 3 is 2.42 bits per heavy atom. The number of sulfonamides is 1. The molecule has 0 bridgehead atoms. The average Bonchev–Trinajstić information content (AvgIpc) is 2.33. The summed E-state index contributed by atoms with van der Waals surface area (Å²) in [5, 5.41) is 0. The summed E-state index contributed by atoms with van der Waals surface area (Å²) in [5.41, 5.74) is 6.11. The van der Waals surface area contributed by atoms with Crippen LogP contribution < -0.4 is 5.73 Å². The molecule has 0 aliphatic carbocycles. The summed E-state index contributed by atoms with van der Waals surface area (Å²) in [5.74, 6) is -0.726. The van der Waals surface area contributed by atoms with E-state index in [0.29, 0.717) is 13.0 Å². The first-order valence-corrected chi connectivity index (χ1v) is 7.77. The summed E-state index contributed by atoms with van der Waals surface area (Å²) in [6.45, 7) is 7.23. The van der Waals surface area contributed by atoms with Crippen LogP contribution in [0.25, 0.3) is 0 Å². The Kier molecular flexibility index (Phi) is 4.92. The molecule has 0 aromatic heterocycles. The zero-order valence-electron chi connectivity index (χ0n) is 11.8. The van der Waals surface area contributed by atoms with Gasteiger partial charge in [0, 0.05) is 18.3 Å². The lowest BCUT2D eigenvalue weighted by molar-refractivity contribution is 0.340. The second-order valence-corrected chi connectivity index (χ2v) is 6.47. The predicted molar refractivity (Wildman–Crippen MR) is 74.9 cm³/mol. The molecule has 2 N–H and O–H groups in total. The molecule has 19 heavy (non-hydrogen) atoms. The van der Waals surface area contributed by atoms with E-state index in [1.165, 1.54) is 23.4 Å². The van der Waals surface area contributed by atoms with E-state index in [-0.39, 0.29) is 22.2 Å². The second kappa shape index (κ2) is 5.88. The van der Waals surface area contributed by atoms with E-state index in [4.69, 9.17) is 5.73 Å². The van der Waals surface area contributed by atoms with Gasteiger partial charge in [0.25, 0.3) is 0 Å². The Hall–Kier alpha value is -1.14. The van der Waals surface area contributed by atoms with Gasteiger partial charge in [-0.2, -0.15) is 4.31 Å². The van der Waals surface area contributed by atoms with Gasteiger partial charge in [-0.1, -0.05) is 13.8 Å². The highest BCUT2D eigenvalue weighted by Crippen LogP contribution is 2.26. The molecule has 1 unspecified atom stereocenters. The minimum absolute atomic E-state index is 0.184. The number of hydrogen-bond acceptors (Lipinski definition) is 3. The highest BCUT2D eigenvalue weighted by atomic mass is 32.2. The van der Waals surface area contributed by atoms with Crippen LogP contribution in [-0.2, 0) is 10.0 Å². The third-order valence-electron chi connectivity index (χ3n) is 3.22. The summed E-state index contributed by atoms with van der Waals surface area (Å²) in [4.78, 5) is -0.341. The normalized spacial score (nSPS) is 13.8. The quantitative estimate of drug-likeness (QED) is 0.847. The van der Waals surface area contributed by atoms with Gasteiger partial charge in [0.2, 0.25) is 10.0 Å². The van der Waals surface area contributed by atoms with Crippen LogP contribution in [0.5, 0.6) is 0 Å². The molecule has 0 aliphatic rings. The zero-order valence-corrected chi connectivity index (χ0v) is 12.6. The first-order valence-electron chi connectivity index (χ1n) is 6.33. The monoisotopic (exact) mass is 288 g/mol. The van der Waals surface area contributed by atoms with Crippen LogP contribution >= 0.6 is 0 Å². The Morgan fingerprint density at radius 1 is 1.37 bits per heavy atom. The van der Waals surface area contributed by atoms with Gasteiger partial charge >= 0.3 is 0 Å². The highest BCUT2D eigenvalue weighted by molar-refractivity contribution is 7.89. The lowest BCUT2D eigenvalue weighted by Gasteiger charge is -2.26. The zero-order chi connectivity index (χ0) is 14.8. The van der Waals surface area contributed by atoms with Gasteiger partial charge in [-0.15, -0.1) is 0 Å². The van der Waals surface area contributed by atoms with Crippen molar-refractivity contribution in [1.82, 2.24) is 4.31 Å². The SMILES string of the molecule is CCC(C)N(CC)S(=O)(=O)c1cc(N)cc(C)c1F. The van der Waals surface area contributed by atoms with Crippen LogP contribution in [0.2, 0.25) is 0 Å². The number of hydrogen-bond donors (Lipinski definition) is 1. The third-order valence-corrected chi connectivity index (χ3v) is 5.31. The molecule has 4 nitrogen and oxygen atoms in total. The molecule has 0 saturated heterocycles. The van der Waals surface area contributed by atoms with Crippen LogP contribution in [0.1, 0.15) is 32.8 Å². The number of rotatable bonds is 5. The van der Waals surface area contributed by atoms with E-state index in [1.807, 2.05) is 6.92 Å². The van der Waals surface area contributed by atoms with Crippen molar-refractivity contribution < 1.29 is 12.8 Å². The fraction of sp³-hybridized carbons (Fsp3) is 0.538. The molecule has 1 rings (SSSR count). The van der Waals surface area contributed by atoms with Crippen LogP contribution in [0.4, 0.5) is 10.1 Å². The van der Waals surface area contributed by atoms with E-state index in [0.717, 1.165) is 0 Å². The Bertz CT molecular complexity index is 558. The Balaban J connectivity index is 3.42. The van der Waals surface area contributed by atoms with E-state index in [9.17, 15) is 12.8 Å². The molecular formula is C13H21FN2O2S. The van der Waals surface area contributed by atoms with E-state index >= 15 is 0 Å². The summed E-state index contributed by atoms with van der Waals surface area (Å²) in [6.07, 6.45) is 0.663.